The van der Waals surface area contributed by atoms with Crippen LogP contribution in [0.4, 0.5) is 11.4 Å². The quantitative estimate of drug-likeness (QED) is 0.427. The molecule has 0 spiro atoms. The molecule has 0 radical (unpaired) electrons. The number of hydrogen-bond acceptors (Lipinski definition) is 5. The van der Waals surface area contributed by atoms with E-state index in [9.17, 15) is 10.1 Å². The topological polar surface area (TPSA) is 82.0 Å². The van der Waals surface area contributed by atoms with Crippen LogP contribution in [0.15, 0.2) is 17.5 Å². The molecule has 1 aromatic carbocycles. The summed E-state index contributed by atoms with van der Waals surface area (Å²) >= 11 is 1.23. The summed E-state index contributed by atoms with van der Waals surface area (Å²) in [5.41, 5.74) is 6.42. The van der Waals surface area contributed by atoms with Crippen LogP contribution in [0.25, 0.3) is 10.9 Å². The van der Waals surface area contributed by atoms with Gasteiger partial charge in [0.1, 0.15) is 5.69 Å². The van der Waals surface area contributed by atoms with Crippen LogP contribution in [0.2, 0.25) is 0 Å². The van der Waals surface area contributed by atoms with E-state index in [-0.39, 0.29) is 11.4 Å². The minimum Gasteiger partial charge on any atom is -0.393 e. The number of aromatic nitrogens is 1. The van der Waals surface area contributed by atoms with E-state index in [1.165, 1.54) is 17.6 Å². The van der Waals surface area contributed by atoms with Crippen LogP contribution < -0.4 is 5.73 Å². The van der Waals surface area contributed by atoms with E-state index in [1.54, 1.807) is 11.4 Å². The Morgan fingerprint density at radius 1 is 1.54 bits per heavy atom. The largest absolute Gasteiger partial charge is 0.393 e. The second kappa shape index (κ2) is 2.67. The van der Waals surface area contributed by atoms with Crippen molar-refractivity contribution in [1.29, 1.82) is 0 Å². The van der Waals surface area contributed by atoms with Crippen LogP contribution in [-0.2, 0) is 0 Å². The zero-order chi connectivity index (χ0) is 9.42. The molecule has 0 aliphatic carbocycles. The summed E-state index contributed by atoms with van der Waals surface area (Å²) in [5.74, 6) is 0. The minimum absolute atomic E-state index is 0.0623. The molecule has 0 saturated heterocycles. The first-order valence-electron chi connectivity index (χ1n) is 3.47. The average molecular weight is 195 g/mol. The van der Waals surface area contributed by atoms with E-state index in [4.69, 9.17) is 5.73 Å². The summed E-state index contributed by atoms with van der Waals surface area (Å²) in [6, 6.07) is 2.97. The number of hydrogen-bond donors (Lipinski definition) is 1. The summed E-state index contributed by atoms with van der Waals surface area (Å²) in [5, 5.41) is 12.9. The third-order valence-electron chi connectivity index (χ3n) is 1.76. The first kappa shape index (κ1) is 7.93. The summed E-state index contributed by atoms with van der Waals surface area (Å²) in [4.78, 5) is 10.0. The fourth-order valence-electron chi connectivity index (χ4n) is 1.11. The summed E-state index contributed by atoms with van der Waals surface area (Å²) in [6.07, 6.45) is 0. The highest BCUT2D eigenvalue weighted by Crippen LogP contribution is 2.30. The third kappa shape index (κ3) is 1.11. The van der Waals surface area contributed by atoms with Gasteiger partial charge >= 0.3 is 0 Å². The maximum Gasteiger partial charge on any atom is 0.292 e. The Morgan fingerprint density at radius 3 is 3.00 bits per heavy atom. The Bertz CT molecular complexity index is 480. The first-order chi connectivity index (χ1) is 6.20. The molecule has 1 aromatic heterocycles. The first-order valence-corrected chi connectivity index (χ1v) is 4.31. The number of anilines is 1. The van der Waals surface area contributed by atoms with Gasteiger partial charge in [0.25, 0.3) is 5.69 Å². The molecule has 66 valence electrons. The van der Waals surface area contributed by atoms with Crippen LogP contribution in [0, 0.1) is 10.1 Å². The highest BCUT2D eigenvalue weighted by molar-refractivity contribution is 7.04. The molecule has 2 aromatic rings. The molecule has 5 nitrogen and oxygen atoms in total. The second-order valence-corrected chi connectivity index (χ2v) is 3.13. The lowest BCUT2D eigenvalue weighted by atomic mass is 10.2. The predicted molar refractivity (Wildman–Crippen MR) is 50.7 cm³/mol. The highest BCUT2D eigenvalue weighted by atomic mass is 32.1. The molecule has 0 fully saturated rings. The van der Waals surface area contributed by atoms with Gasteiger partial charge in [-0.3, -0.25) is 10.1 Å². The third-order valence-corrected chi connectivity index (χ3v) is 2.40. The molecule has 2 rings (SSSR count). The molecule has 0 aliphatic rings. The molecule has 0 aliphatic heterocycles. The maximum absolute atomic E-state index is 10.5. The normalized spacial score (nSPS) is 10.5. The SMILES string of the molecule is Nc1c([N+](=O)[O-])ccc2nscc12. The average Bonchev–Trinajstić information content (AvgIpc) is 2.52. The molecule has 2 N–H and O–H groups in total. The van der Waals surface area contributed by atoms with Gasteiger partial charge in [-0.2, -0.15) is 4.37 Å². The van der Waals surface area contributed by atoms with Crippen molar-refractivity contribution in [2.45, 2.75) is 0 Å². The molecular formula is C7H5N3O2S. The molecule has 0 amide bonds. The smallest absolute Gasteiger partial charge is 0.292 e. The number of nitrogens with two attached hydrogens (primary N) is 1. The molecule has 6 heteroatoms. The number of nitro benzene ring substituents is 1. The number of rotatable bonds is 1. The Morgan fingerprint density at radius 2 is 2.31 bits per heavy atom. The van der Waals surface area contributed by atoms with Crippen molar-refractivity contribution in [1.82, 2.24) is 4.37 Å². The van der Waals surface area contributed by atoms with Gasteiger partial charge in [0, 0.05) is 16.8 Å². The number of nitrogen functional groups attached to an aromatic ring is 1. The molecule has 0 atom stereocenters. The standard InChI is InChI=1S/C7H5N3O2S/c8-7-4-3-13-9-5(4)1-2-6(7)10(11)12/h1-3H,8H2. The van der Waals surface area contributed by atoms with Gasteiger partial charge in [0.15, 0.2) is 0 Å². The van der Waals surface area contributed by atoms with Crippen LogP contribution >= 0.6 is 11.5 Å². The fraction of sp³-hybridized carbons (Fsp3) is 0. The molecular weight excluding hydrogens is 190 g/mol. The Hall–Kier alpha value is -1.69. The van der Waals surface area contributed by atoms with Crippen LogP contribution in [0.5, 0.6) is 0 Å². The second-order valence-electron chi connectivity index (χ2n) is 2.50. The van der Waals surface area contributed by atoms with E-state index in [0.717, 1.165) is 0 Å². The van der Waals surface area contributed by atoms with Crippen LogP contribution in [0.3, 0.4) is 0 Å². The Balaban J connectivity index is 2.80. The zero-order valence-corrected chi connectivity index (χ0v) is 7.25. The lowest BCUT2D eigenvalue weighted by molar-refractivity contribution is -0.383. The summed E-state index contributed by atoms with van der Waals surface area (Å²) < 4.78 is 4.02. The Labute approximate surface area is 77.1 Å². The van der Waals surface area contributed by atoms with Crippen molar-refractivity contribution < 1.29 is 4.92 Å². The maximum atomic E-state index is 10.5. The van der Waals surface area contributed by atoms with Gasteiger partial charge in [0.2, 0.25) is 0 Å². The van der Waals surface area contributed by atoms with E-state index in [1.807, 2.05) is 0 Å². The predicted octanol–water partition coefficient (Wildman–Crippen LogP) is 1.79. The van der Waals surface area contributed by atoms with Crippen molar-refractivity contribution >= 4 is 33.8 Å². The van der Waals surface area contributed by atoms with Crippen molar-refractivity contribution in [2.75, 3.05) is 5.73 Å². The van der Waals surface area contributed by atoms with E-state index >= 15 is 0 Å². The lowest BCUT2D eigenvalue weighted by Crippen LogP contribution is -1.95. The lowest BCUT2D eigenvalue weighted by Gasteiger charge is -1.96. The van der Waals surface area contributed by atoms with Gasteiger partial charge in [0.05, 0.1) is 10.4 Å². The monoisotopic (exact) mass is 195 g/mol. The van der Waals surface area contributed by atoms with E-state index in [2.05, 4.69) is 4.37 Å². The van der Waals surface area contributed by atoms with E-state index < -0.39 is 4.92 Å². The number of nitrogens with zero attached hydrogens (tertiary/aromatic N) is 2. The van der Waals surface area contributed by atoms with Crippen molar-refractivity contribution in [3.05, 3.63) is 27.6 Å². The van der Waals surface area contributed by atoms with Gasteiger partial charge in [-0.05, 0) is 17.6 Å². The summed E-state index contributed by atoms with van der Waals surface area (Å²) in [6.45, 7) is 0. The molecule has 13 heavy (non-hydrogen) atoms. The zero-order valence-electron chi connectivity index (χ0n) is 6.43. The van der Waals surface area contributed by atoms with Gasteiger partial charge in [-0.1, -0.05) is 0 Å². The minimum atomic E-state index is -0.494. The Kier molecular flexibility index (Phi) is 1.63. The van der Waals surface area contributed by atoms with Crippen molar-refractivity contribution in [3.63, 3.8) is 0 Å². The van der Waals surface area contributed by atoms with Gasteiger partial charge < -0.3 is 5.73 Å². The summed E-state index contributed by atoms with van der Waals surface area (Å²) in [7, 11) is 0. The molecule has 0 unspecified atom stereocenters. The number of fused-ring (bicyclic) bond motifs is 1. The highest BCUT2D eigenvalue weighted by Gasteiger charge is 2.14. The van der Waals surface area contributed by atoms with Crippen LogP contribution in [-0.4, -0.2) is 9.30 Å². The molecule has 0 saturated carbocycles. The van der Waals surface area contributed by atoms with Crippen LogP contribution in [0.1, 0.15) is 0 Å². The fourth-order valence-corrected chi connectivity index (χ4v) is 1.79. The van der Waals surface area contributed by atoms with Crippen molar-refractivity contribution in [3.8, 4) is 0 Å². The number of nitro groups is 1. The van der Waals surface area contributed by atoms with E-state index in [0.29, 0.717) is 10.9 Å². The molecule has 1 heterocycles. The van der Waals surface area contributed by atoms with Gasteiger partial charge in [-0.15, -0.1) is 0 Å². The molecule has 0 bridgehead atoms. The number of benzene rings is 1. The van der Waals surface area contributed by atoms with Crippen molar-refractivity contribution in [2.24, 2.45) is 0 Å². The van der Waals surface area contributed by atoms with Gasteiger partial charge in [-0.25, -0.2) is 0 Å².